The van der Waals surface area contributed by atoms with E-state index in [0.29, 0.717) is 18.7 Å². The number of nitrogens with one attached hydrogen (secondary N) is 2. The van der Waals surface area contributed by atoms with E-state index in [2.05, 4.69) is 5.32 Å². The van der Waals surface area contributed by atoms with Crippen molar-refractivity contribution in [3.8, 4) is 0 Å². The average molecular weight is 287 g/mol. The van der Waals surface area contributed by atoms with Gasteiger partial charge < -0.3 is 10.6 Å². The molecule has 20 heavy (non-hydrogen) atoms. The first-order valence-corrected chi connectivity index (χ1v) is 6.30. The van der Waals surface area contributed by atoms with Crippen LogP contribution in [0.3, 0.4) is 0 Å². The molecule has 0 aromatic heterocycles. The predicted octanol–water partition coefficient (Wildman–Crippen LogP) is 2.43. The zero-order valence-electron chi connectivity index (χ0n) is 11.0. The fourth-order valence-corrected chi connectivity index (χ4v) is 2.34. The van der Waals surface area contributed by atoms with Gasteiger partial charge in [-0.25, -0.2) is 4.79 Å². The van der Waals surface area contributed by atoms with E-state index in [4.69, 9.17) is 0 Å². The van der Waals surface area contributed by atoms with Crippen LogP contribution in [0.1, 0.15) is 18.0 Å². The van der Waals surface area contributed by atoms with Crippen molar-refractivity contribution < 1.29 is 18.0 Å². The molecule has 4 nitrogen and oxygen atoms in total. The number of benzene rings is 1. The van der Waals surface area contributed by atoms with Crippen molar-refractivity contribution in [3.63, 3.8) is 0 Å². The van der Waals surface area contributed by atoms with Crippen LogP contribution < -0.4 is 15.5 Å². The van der Waals surface area contributed by atoms with Gasteiger partial charge in [-0.1, -0.05) is 18.2 Å². The average Bonchev–Trinajstić information content (AvgIpc) is 2.42. The second kappa shape index (κ2) is 5.70. The van der Waals surface area contributed by atoms with Crippen LogP contribution in [0, 0.1) is 0 Å². The Morgan fingerprint density at radius 3 is 2.75 bits per heavy atom. The van der Waals surface area contributed by atoms with Gasteiger partial charge in [0.15, 0.2) is 0 Å². The van der Waals surface area contributed by atoms with E-state index in [-0.39, 0.29) is 6.04 Å². The van der Waals surface area contributed by atoms with Gasteiger partial charge in [-0.05, 0) is 25.1 Å². The molecule has 0 saturated carbocycles. The third-order valence-corrected chi connectivity index (χ3v) is 3.28. The first-order valence-electron chi connectivity index (χ1n) is 6.30. The Morgan fingerprint density at radius 2 is 2.10 bits per heavy atom. The molecular weight excluding hydrogens is 271 g/mol. The zero-order valence-corrected chi connectivity index (χ0v) is 11.0. The number of hydrogen-bond donors (Lipinski definition) is 2. The summed E-state index contributed by atoms with van der Waals surface area (Å²) in [6, 6.07) is 6.62. The lowest BCUT2D eigenvalue weighted by Gasteiger charge is -2.34. The van der Waals surface area contributed by atoms with E-state index in [1.54, 1.807) is 12.1 Å². The van der Waals surface area contributed by atoms with Crippen molar-refractivity contribution >= 4 is 11.7 Å². The number of amides is 2. The van der Waals surface area contributed by atoms with Crippen LogP contribution in [0.15, 0.2) is 24.3 Å². The van der Waals surface area contributed by atoms with Gasteiger partial charge in [0.25, 0.3) is 0 Å². The zero-order chi connectivity index (χ0) is 14.8. The van der Waals surface area contributed by atoms with E-state index in [1.807, 2.05) is 24.5 Å². The number of carbonyl (C=O) groups excluding carboxylic acids is 1. The minimum Gasteiger partial charge on any atom is -0.329 e. The van der Waals surface area contributed by atoms with Crippen molar-refractivity contribution in [2.24, 2.45) is 0 Å². The summed E-state index contributed by atoms with van der Waals surface area (Å²) < 4.78 is 36.5. The van der Waals surface area contributed by atoms with Crippen molar-refractivity contribution in [2.75, 3.05) is 25.0 Å². The predicted molar refractivity (Wildman–Crippen MR) is 69.7 cm³/mol. The molecule has 0 bridgehead atoms. The Hall–Kier alpha value is -1.76. The number of alkyl halides is 3. The van der Waals surface area contributed by atoms with Gasteiger partial charge in [-0.15, -0.1) is 0 Å². The second-order valence-corrected chi connectivity index (χ2v) is 4.61. The fourth-order valence-electron chi connectivity index (χ4n) is 2.34. The monoisotopic (exact) mass is 287 g/mol. The van der Waals surface area contributed by atoms with E-state index >= 15 is 0 Å². The number of anilines is 1. The molecule has 2 N–H and O–H groups in total. The molecule has 7 heteroatoms. The first kappa shape index (κ1) is 14.6. The molecule has 0 saturated heterocycles. The largest absolute Gasteiger partial charge is 0.405 e. The summed E-state index contributed by atoms with van der Waals surface area (Å²) in [6.45, 7) is -0.938. The molecule has 1 aliphatic rings. The molecular formula is C13H16F3N3O. The Bertz CT molecular complexity index is 490. The lowest BCUT2D eigenvalue weighted by Crippen LogP contribution is -2.47. The highest BCUT2D eigenvalue weighted by Crippen LogP contribution is 2.33. The number of nitrogens with zero attached hydrogens (tertiary/aromatic N) is 1. The quantitative estimate of drug-likeness (QED) is 0.877. The van der Waals surface area contributed by atoms with Crippen LogP contribution in [-0.4, -0.2) is 32.3 Å². The minimum atomic E-state index is -4.40. The highest BCUT2D eigenvalue weighted by Gasteiger charge is 2.31. The number of hydrogen-bond acceptors (Lipinski definition) is 2. The molecule has 0 radical (unpaired) electrons. The van der Waals surface area contributed by atoms with Crippen LogP contribution in [-0.2, 0) is 0 Å². The fraction of sp³-hybridized carbons (Fsp3) is 0.462. The summed E-state index contributed by atoms with van der Waals surface area (Å²) in [5.74, 6) is 0. The summed E-state index contributed by atoms with van der Waals surface area (Å²) in [6.07, 6.45) is -3.74. The van der Waals surface area contributed by atoms with Gasteiger partial charge in [-0.2, -0.15) is 13.2 Å². The lowest BCUT2D eigenvalue weighted by atomic mass is 9.97. The van der Waals surface area contributed by atoms with Gasteiger partial charge in [0.05, 0.1) is 5.69 Å². The summed E-state index contributed by atoms with van der Waals surface area (Å²) >= 11 is 0. The highest BCUT2D eigenvalue weighted by molar-refractivity contribution is 5.93. The molecule has 1 atom stereocenters. The van der Waals surface area contributed by atoms with Crippen LogP contribution in [0.2, 0.25) is 0 Å². The molecule has 2 amide bonds. The third kappa shape index (κ3) is 3.22. The Morgan fingerprint density at radius 1 is 1.40 bits per heavy atom. The van der Waals surface area contributed by atoms with E-state index < -0.39 is 18.8 Å². The third-order valence-electron chi connectivity index (χ3n) is 3.28. The summed E-state index contributed by atoms with van der Waals surface area (Å²) in [7, 11) is 1.82. The molecule has 1 heterocycles. The molecule has 1 aromatic carbocycles. The smallest absolute Gasteiger partial charge is 0.329 e. The molecule has 0 fully saturated rings. The molecule has 1 unspecified atom stereocenters. The molecule has 0 aliphatic carbocycles. The van der Waals surface area contributed by atoms with Gasteiger partial charge >= 0.3 is 12.2 Å². The van der Waals surface area contributed by atoms with Gasteiger partial charge in [0, 0.05) is 12.6 Å². The molecule has 2 rings (SSSR count). The van der Waals surface area contributed by atoms with Crippen molar-refractivity contribution in [1.29, 1.82) is 0 Å². The number of para-hydroxylation sites is 1. The maximum Gasteiger partial charge on any atom is 0.405 e. The van der Waals surface area contributed by atoms with Gasteiger partial charge in [-0.3, -0.25) is 4.90 Å². The van der Waals surface area contributed by atoms with Crippen molar-refractivity contribution in [3.05, 3.63) is 29.8 Å². The summed E-state index contributed by atoms with van der Waals surface area (Å²) in [5.41, 5.74) is 1.57. The van der Waals surface area contributed by atoms with E-state index in [0.717, 1.165) is 5.56 Å². The Labute approximate surface area is 114 Å². The molecule has 1 aliphatic heterocycles. The lowest BCUT2D eigenvalue weighted by molar-refractivity contribution is -0.122. The summed E-state index contributed by atoms with van der Waals surface area (Å²) in [4.78, 5) is 13.3. The number of halogens is 3. The molecule has 1 aromatic rings. The second-order valence-electron chi connectivity index (χ2n) is 4.61. The van der Waals surface area contributed by atoms with Crippen LogP contribution in [0.4, 0.5) is 23.7 Å². The van der Waals surface area contributed by atoms with Gasteiger partial charge in [0.2, 0.25) is 0 Å². The number of urea groups is 1. The van der Waals surface area contributed by atoms with Crippen molar-refractivity contribution in [2.45, 2.75) is 18.6 Å². The maximum absolute atomic E-state index is 12.2. The van der Waals surface area contributed by atoms with Gasteiger partial charge in [0.1, 0.15) is 6.54 Å². The Kier molecular flexibility index (Phi) is 4.17. The van der Waals surface area contributed by atoms with Crippen LogP contribution >= 0.6 is 0 Å². The SMILES string of the molecule is CNC1CCN(C(=O)NCC(F)(F)F)c2ccccc21. The minimum absolute atomic E-state index is 0.109. The number of carbonyl (C=O) groups is 1. The number of fused-ring (bicyclic) bond motifs is 1. The van der Waals surface area contributed by atoms with E-state index in [9.17, 15) is 18.0 Å². The number of rotatable bonds is 2. The first-order chi connectivity index (χ1) is 9.42. The van der Waals surface area contributed by atoms with Crippen LogP contribution in [0.5, 0.6) is 0 Å². The Balaban J connectivity index is 2.16. The van der Waals surface area contributed by atoms with Crippen LogP contribution in [0.25, 0.3) is 0 Å². The molecule has 0 spiro atoms. The van der Waals surface area contributed by atoms with Crippen molar-refractivity contribution in [1.82, 2.24) is 10.6 Å². The highest BCUT2D eigenvalue weighted by atomic mass is 19.4. The maximum atomic E-state index is 12.2. The standard InChI is InChI=1S/C13H16F3N3O/c1-17-10-6-7-19(11-5-3-2-4-9(10)11)12(20)18-8-13(14,15)16/h2-5,10,17H,6-8H2,1H3,(H,18,20). The topological polar surface area (TPSA) is 44.4 Å². The summed E-state index contributed by atoms with van der Waals surface area (Å²) in [5, 5.41) is 5.05. The normalized spacial score (nSPS) is 18.6. The molecule has 110 valence electrons. The van der Waals surface area contributed by atoms with E-state index in [1.165, 1.54) is 4.90 Å².